The molecule has 1 saturated heterocycles. The number of para-hydroxylation sites is 1. The number of rotatable bonds is 2. The van der Waals surface area contributed by atoms with E-state index in [2.05, 4.69) is 15.3 Å². The molecule has 1 aromatic carbocycles. The number of benzene rings is 1. The first kappa shape index (κ1) is 11.9. The number of likely N-dealkylation sites (tertiary alicyclic amines) is 1. The van der Waals surface area contributed by atoms with Gasteiger partial charge in [0.1, 0.15) is 0 Å². The van der Waals surface area contributed by atoms with Gasteiger partial charge >= 0.3 is 0 Å². The van der Waals surface area contributed by atoms with Crippen molar-refractivity contribution in [2.45, 2.75) is 12.5 Å². The number of nitrogens with two attached hydrogens (primary N) is 1. The van der Waals surface area contributed by atoms with Crippen molar-refractivity contribution < 1.29 is 4.74 Å². The maximum absolute atomic E-state index is 5.52. The summed E-state index contributed by atoms with van der Waals surface area (Å²) in [6.07, 6.45) is 1.27. The lowest BCUT2D eigenvalue weighted by molar-refractivity contribution is 0.114. The van der Waals surface area contributed by atoms with Crippen LogP contribution in [-0.2, 0) is 4.74 Å². The van der Waals surface area contributed by atoms with Crippen LogP contribution in [0, 0.1) is 0 Å². The second-order valence-corrected chi connectivity index (χ2v) is 4.01. The van der Waals surface area contributed by atoms with Crippen LogP contribution >= 0.6 is 0 Å². The van der Waals surface area contributed by atoms with Gasteiger partial charge in [0.2, 0.25) is 5.96 Å². The van der Waals surface area contributed by atoms with Gasteiger partial charge in [-0.1, -0.05) is 18.2 Å². The summed E-state index contributed by atoms with van der Waals surface area (Å²) >= 11 is 0. The SMILES string of the molecule is COC1CCN(C(=Nc2ccccc2)NN)C1. The monoisotopic (exact) mass is 234 g/mol. The molecule has 1 heterocycles. The highest BCUT2D eigenvalue weighted by Crippen LogP contribution is 2.15. The van der Waals surface area contributed by atoms with Gasteiger partial charge in [0.05, 0.1) is 11.8 Å². The van der Waals surface area contributed by atoms with Gasteiger partial charge in [0.25, 0.3) is 0 Å². The molecular weight excluding hydrogens is 216 g/mol. The zero-order valence-corrected chi connectivity index (χ0v) is 9.97. The molecule has 0 aromatic heterocycles. The smallest absolute Gasteiger partial charge is 0.213 e. The maximum Gasteiger partial charge on any atom is 0.213 e. The normalized spacial score (nSPS) is 20.7. The van der Waals surface area contributed by atoms with Crippen LogP contribution in [0.3, 0.4) is 0 Å². The lowest BCUT2D eigenvalue weighted by atomic mass is 10.3. The van der Waals surface area contributed by atoms with Crippen LogP contribution < -0.4 is 11.3 Å². The molecule has 92 valence electrons. The van der Waals surface area contributed by atoms with Gasteiger partial charge in [-0.2, -0.15) is 0 Å². The van der Waals surface area contributed by atoms with Gasteiger partial charge in [-0.3, -0.25) is 5.43 Å². The first-order valence-electron chi connectivity index (χ1n) is 5.71. The van der Waals surface area contributed by atoms with Crippen LogP contribution in [0.4, 0.5) is 5.69 Å². The molecule has 5 nitrogen and oxygen atoms in total. The molecule has 3 N–H and O–H groups in total. The van der Waals surface area contributed by atoms with E-state index >= 15 is 0 Å². The largest absolute Gasteiger partial charge is 0.380 e. The highest BCUT2D eigenvalue weighted by molar-refractivity contribution is 5.82. The molecule has 2 rings (SSSR count). The van der Waals surface area contributed by atoms with E-state index in [4.69, 9.17) is 10.6 Å². The van der Waals surface area contributed by atoms with Crippen LogP contribution in [0.5, 0.6) is 0 Å². The fourth-order valence-electron chi connectivity index (χ4n) is 1.93. The topological polar surface area (TPSA) is 62.9 Å². The average Bonchev–Trinajstić information content (AvgIpc) is 2.86. The zero-order chi connectivity index (χ0) is 12.1. The molecule has 1 atom stereocenters. The van der Waals surface area contributed by atoms with Crippen molar-refractivity contribution in [3.05, 3.63) is 30.3 Å². The fraction of sp³-hybridized carbons (Fsp3) is 0.417. The summed E-state index contributed by atoms with van der Waals surface area (Å²) in [5.41, 5.74) is 3.55. The van der Waals surface area contributed by atoms with Crippen LogP contribution in [0.2, 0.25) is 0 Å². The second kappa shape index (κ2) is 5.65. The van der Waals surface area contributed by atoms with Gasteiger partial charge in [-0.05, 0) is 18.6 Å². The van der Waals surface area contributed by atoms with Crippen molar-refractivity contribution in [2.24, 2.45) is 10.8 Å². The summed E-state index contributed by atoms with van der Waals surface area (Å²) in [5.74, 6) is 6.21. The van der Waals surface area contributed by atoms with Crippen LogP contribution in [-0.4, -0.2) is 37.2 Å². The first-order valence-corrected chi connectivity index (χ1v) is 5.71. The number of hydrogen-bond donors (Lipinski definition) is 2. The van der Waals surface area contributed by atoms with E-state index in [0.717, 1.165) is 25.2 Å². The predicted molar refractivity (Wildman–Crippen MR) is 67.8 cm³/mol. The van der Waals surface area contributed by atoms with Crippen LogP contribution in [0.1, 0.15) is 6.42 Å². The van der Waals surface area contributed by atoms with Gasteiger partial charge < -0.3 is 9.64 Å². The third-order valence-corrected chi connectivity index (χ3v) is 2.90. The zero-order valence-electron chi connectivity index (χ0n) is 9.97. The lowest BCUT2D eigenvalue weighted by Crippen LogP contribution is -2.43. The highest BCUT2D eigenvalue weighted by Gasteiger charge is 2.24. The fourth-order valence-corrected chi connectivity index (χ4v) is 1.93. The van der Waals surface area contributed by atoms with Gasteiger partial charge in [0.15, 0.2) is 0 Å². The van der Waals surface area contributed by atoms with E-state index in [1.807, 2.05) is 30.3 Å². The number of methoxy groups -OCH3 is 1. The molecule has 0 spiro atoms. The Balaban J connectivity index is 2.09. The van der Waals surface area contributed by atoms with Crippen molar-refractivity contribution in [3.63, 3.8) is 0 Å². The number of aliphatic imine (C=N–C) groups is 1. The molecule has 17 heavy (non-hydrogen) atoms. The predicted octanol–water partition coefficient (Wildman–Crippen LogP) is 0.858. The number of nitrogens with one attached hydrogen (secondary N) is 1. The van der Waals surface area contributed by atoms with E-state index in [1.165, 1.54) is 0 Å². The average molecular weight is 234 g/mol. The minimum Gasteiger partial charge on any atom is -0.380 e. The number of hydrazine groups is 1. The first-order chi connectivity index (χ1) is 8.33. The molecule has 0 aliphatic carbocycles. The molecule has 0 saturated carbocycles. The quantitative estimate of drug-likeness (QED) is 0.345. The number of guanidine groups is 1. The Hall–Kier alpha value is -1.59. The van der Waals surface area contributed by atoms with Gasteiger partial charge in [-0.15, -0.1) is 0 Å². The standard InChI is InChI=1S/C12H18N4O/c1-17-11-7-8-16(9-11)12(15-13)14-10-5-3-2-4-6-10/h2-6,11H,7-9,13H2,1H3,(H,14,15). The van der Waals surface area contributed by atoms with Gasteiger partial charge in [-0.25, -0.2) is 10.8 Å². The van der Waals surface area contributed by atoms with Crippen molar-refractivity contribution in [1.29, 1.82) is 0 Å². The molecule has 1 aliphatic rings. The lowest BCUT2D eigenvalue weighted by Gasteiger charge is -2.19. The third kappa shape index (κ3) is 2.95. The Morgan fingerprint density at radius 3 is 2.82 bits per heavy atom. The summed E-state index contributed by atoms with van der Waals surface area (Å²) < 4.78 is 5.32. The number of hydrogen-bond acceptors (Lipinski definition) is 3. The van der Waals surface area contributed by atoms with Crippen LogP contribution in [0.25, 0.3) is 0 Å². The third-order valence-electron chi connectivity index (χ3n) is 2.90. The molecule has 1 aromatic rings. The summed E-state index contributed by atoms with van der Waals surface area (Å²) in [6.45, 7) is 1.74. The molecule has 1 unspecified atom stereocenters. The number of nitrogens with zero attached hydrogens (tertiary/aromatic N) is 2. The van der Waals surface area contributed by atoms with Gasteiger partial charge in [0, 0.05) is 20.2 Å². The van der Waals surface area contributed by atoms with E-state index in [-0.39, 0.29) is 6.10 Å². The minimum atomic E-state index is 0.268. The summed E-state index contributed by atoms with van der Waals surface area (Å²) in [4.78, 5) is 6.58. The van der Waals surface area contributed by atoms with Crippen molar-refractivity contribution >= 4 is 11.6 Å². The Labute approximate surface area is 101 Å². The van der Waals surface area contributed by atoms with E-state index in [1.54, 1.807) is 7.11 Å². The minimum absolute atomic E-state index is 0.268. The van der Waals surface area contributed by atoms with E-state index < -0.39 is 0 Å². The number of ether oxygens (including phenoxy) is 1. The van der Waals surface area contributed by atoms with E-state index in [0.29, 0.717) is 5.96 Å². The molecule has 0 bridgehead atoms. The van der Waals surface area contributed by atoms with E-state index in [9.17, 15) is 0 Å². The second-order valence-electron chi connectivity index (χ2n) is 4.01. The molecular formula is C12H18N4O. The molecule has 0 radical (unpaired) electrons. The molecule has 0 amide bonds. The Morgan fingerprint density at radius 1 is 1.47 bits per heavy atom. The Bertz CT molecular complexity index is 379. The van der Waals surface area contributed by atoms with Crippen molar-refractivity contribution in [1.82, 2.24) is 10.3 Å². The Morgan fingerprint density at radius 2 is 2.24 bits per heavy atom. The van der Waals surface area contributed by atoms with Crippen LogP contribution in [0.15, 0.2) is 35.3 Å². The molecule has 1 fully saturated rings. The summed E-state index contributed by atoms with van der Waals surface area (Å²) in [5, 5.41) is 0. The summed E-state index contributed by atoms with van der Waals surface area (Å²) in [7, 11) is 1.73. The maximum atomic E-state index is 5.52. The highest BCUT2D eigenvalue weighted by atomic mass is 16.5. The van der Waals surface area contributed by atoms with Crippen molar-refractivity contribution in [3.8, 4) is 0 Å². The Kier molecular flexibility index (Phi) is 3.95. The molecule has 5 heteroatoms. The summed E-state index contributed by atoms with van der Waals surface area (Å²) in [6, 6.07) is 9.76. The van der Waals surface area contributed by atoms with Crippen molar-refractivity contribution in [2.75, 3.05) is 20.2 Å². The molecule has 1 aliphatic heterocycles.